The zero-order valence-electron chi connectivity index (χ0n) is 13.4. The number of hydrogen-bond donors (Lipinski definition) is 2. The van der Waals surface area contributed by atoms with Crippen molar-refractivity contribution < 1.29 is 9.53 Å². The second kappa shape index (κ2) is 11.5. The molecule has 0 aliphatic carbocycles. The van der Waals surface area contributed by atoms with Gasteiger partial charge in [-0.3, -0.25) is 4.79 Å². The van der Waals surface area contributed by atoms with Crippen LogP contribution in [0.5, 0.6) is 0 Å². The van der Waals surface area contributed by atoms with Gasteiger partial charge in [0.15, 0.2) is 0 Å². The second-order valence-corrected chi connectivity index (χ2v) is 5.52. The Balaban J connectivity index is 0.00000242. The molecule has 23 heavy (non-hydrogen) atoms. The van der Waals surface area contributed by atoms with Crippen molar-refractivity contribution in [3.05, 3.63) is 30.3 Å². The highest BCUT2D eigenvalue weighted by Gasteiger charge is 2.26. The molecule has 1 aliphatic heterocycles. The Kier molecular flexibility index (Phi) is 11.0. The van der Waals surface area contributed by atoms with Gasteiger partial charge in [0.25, 0.3) is 0 Å². The first-order chi connectivity index (χ1) is 10.2. The molecule has 1 aliphatic rings. The molecule has 5 nitrogen and oxygen atoms in total. The Morgan fingerprint density at radius 3 is 2.52 bits per heavy atom. The zero-order valence-corrected chi connectivity index (χ0v) is 15.1. The lowest BCUT2D eigenvalue weighted by molar-refractivity contribution is -0.124. The largest absolute Gasteiger partial charge is 0.381 e. The van der Waals surface area contributed by atoms with Crippen molar-refractivity contribution in [1.82, 2.24) is 5.32 Å². The number of para-hydroxylation sites is 1. The van der Waals surface area contributed by atoms with Crippen LogP contribution in [0.2, 0.25) is 0 Å². The summed E-state index contributed by atoms with van der Waals surface area (Å²) in [5, 5.41) is 2.93. The van der Waals surface area contributed by atoms with Crippen LogP contribution in [0, 0.1) is 5.92 Å². The number of halogens is 2. The number of likely N-dealkylation sites (N-methyl/N-ethyl adjacent to an activating group) is 1. The molecule has 132 valence electrons. The molecule has 2 rings (SSSR count). The van der Waals surface area contributed by atoms with Crippen molar-refractivity contribution in [2.75, 3.05) is 38.3 Å². The van der Waals surface area contributed by atoms with E-state index in [4.69, 9.17) is 10.5 Å². The fourth-order valence-corrected chi connectivity index (χ4v) is 2.57. The number of nitrogens with two attached hydrogens (primary N) is 1. The number of rotatable bonds is 6. The van der Waals surface area contributed by atoms with E-state index in [1.165, 1.54) is 0 Å². The van der Waals surface area contributed by atoms with E-state index < -0.39 is 6.04 Å². The molecular weight excluding hydrogens is 337 g/mol. The quantitative estimate of drug-likeness (QED) is 0.808. The summed E-state index contributed by atoms with van der Waals surface area (Å²) >= 11 is 0. The molecule has 1 unspecified atom stereocenters. The summed E-state index contributed by atoms with van der Waals surface area (Å²) < 4.78 is 5.30. The Morgan fingerprint density at radius 1 is 1.30 bits per heavy atom. The number of hydrogen-bond acceptors (Lipinski definition) is 4. The molecule has 0 spiro atoms. The summed E-state index contributed by atoms with van der Waals surface area (Å²) in [6.07, 6.45) is 1.75. The third-order valence-electron chi connectivity index (χ3n) is 4.02. The van der Waals surface area contributed by atoms with E-state index in [1.807, 2.05) is 25.2 Å². The van der Waals surface area contributed by atoms with Gasteiger partial charge in [-0.25, -0.2) is 0 Å². The molecular formula is C16H27Cl2N3O2. The number of nitrogens with zero attached hydrogens (tertiary/aromatic N) is 1. The molecule has 0 radical (unpaired) electrons. The van der Waals surface area contributed by atoms with Crippen LogP contribution in [-0.2, 0) is 9.53 Å². The van der Waals surface area contributed by atoms with E-state index in [-0.39, 0.29) is 36.6 Å². The Morgan fingerprint density at radius 2 is 1.91 bits per heavy atom. The summed E-state index contributed by atoms with van der Waals surface area (Å²) in [6, 6.07) is 9.68. The number of anilines is 1. The minimum absolute atomic E-state index is 0. The Hall–Kier alpha value is -1.01. The molecule has 0 bridgehead atoms. The third kappa shape index (κ3) is 6.96. The predicted octanol–water partition coefficient (Wildman–Crippen LogP) is 1.84. The lowest BCUT2D eigenvalue weighted by Crippen LogP contribution is -2.48. The van der Waals surface area contributed by atoms with Crippen molar-refractivity contribution in [1.29, 1.82) is 0 Å². The maximum absolute atomic E-state index is 12.1. The fraction of sp³-hybridized carbons (Fsp3) is 0.562. The highest BCUT2D eigenvalue weighted by Crippen LogP contribution is 2.17. The molecule has 1 saturated heterocycles. The lowest BCUT2D eigenvalue weighted by atomic mass is 9.92. The summed E-state index contributed by atoms with van der Waals surface area (Å²) in [5.74, 6) is 0.189. The van der Waals surface area contributed by atoms with Crippen molar-refractivity contribution in [3.8, 4) is 0 Å². The van der Waals surface area contributed by atoms with Gasteiger partial charge in [0.1, 0.15) is 0 Å². The number of benzene rings is 1. The number of ether oxygens (including phenoxy) is 1. The maximum atomic E-state index is 12.1. The van der Waals surface area contributed by atoms with E-state index in [2.05, 4.69) is 22.3 Å². The molecule has 0 saturated carbocycles. The molecule has 1 aromatic rings. The summed E-state index contributed by atoms with van der Waals surface area (Å²) in [6.45, 7) is 2.78. The van der Waals surface area contributed by atoms with Crippen molar-refractivity contribution in [2.24, 2.45) is 11.7 Å². The summed E-state index contributed by atoms with van der Waals surface area (Å²) in [7, 11) is 2.01. The fourth-order valence-electron chi connectivity index (χ4n) is 2.57. The van der Waals surface area contributed by atoms with Crippen LogP contribution in [0.4, 0.5) is 5.69 Å². The summed E-state index contributed by atoms with van der Waals surface area (Å²) in [5.41, 5.74) is 7.18. The van der Waals surface area contributed by atoms with Gasteiger partial charge in [-0.1, -0.05) is 18.2 Å². The first-order valence-corrected chi connectivity index (χ1v) is 7.55. The standard InChI is InChI=1S/C16H25N3O2.2ClH/c1-19(14-5-3-2-4-6-14)10-9-18-16(20)15(17)13-7-11-21-12-8-13;;/h2-6,13,15H,7-12,17H2,1H3,(H,18,20);2*1H. The smallest absolute Gasteiger partial charge is 0.237 e. The monoisotopic (exact) mass is 363 g/mol. The lowest BCUT2D eigenvalue weighted by Gasteiger charge is -2.27. The average molecular weight is 364 g/mol. The van der Waals surface area contributed by atoms with E-state index in [1.54, 1.807) is 0 Å². The number of carbonyl (C=O) groups excluding carboxylic acids is 1. The van der Waals surface area contributed by atoms with Crippen LogP contribution in [-0.4, -0.2) is 45.3 Å². The first kappa shape index (κ1) is 22.0. The number of amides is 1. The van der Waals surface area contributed by atoms with Gasteiger partial charge in [-0.05, 0) is 30.9 Å². The van der Waals surface area contributed by atoms with Gasteiger partial charge in [-0.2, -0.15) is 0 Å². The molecule has 0 aromatic heterocycles. The van der Waals surface area contributed by atoms with Gasteiger partial charge in [-0.15, -0.1) is 24.8 Å². The molecule has 7 heteroatoms. The molecule has 3 N–H and O–H groups in total. The minimum atomic E-state index is -0.420. The van der Waals surface area contributed by atoms with E-state index in [0.717, 1.165) is 25.1 Å². The van der Waals surface area contributed by atoms with E-state index in [9.17, 15) is 4.79 Å². The van der Waals surface area contributed by atoms with Crippen molar-refractivity contribution in [3.63, 3.8) is 0 Å². The van der Waals surface area contributed by atoms with Gasteiger partial charge in [0, 0.05) is 39.0 Å². The minimum Gasteiger partial charge on any atom is -0.381 e. The zero-order chi connectivity index (χ0) is 15.1. The highest BCUT2D eigenvalue weighted by molar-refractivity contribution is 5.85. The molecule has 1 fully saturated rings. The SMILES string of the molecule is CN(CCNC(=O)C(N)C1CCOCC1)c1ccccc1.Cl.Cl. The highest BCUT2D eigenvalue weighted by atomic mass is 35.5. The van der Waals surface area contributed by atoms with Crippen LogP contribution in [0.15, 0.2) is 30.3 Å². The van der Waals surface area contributed by atoms with Crippen LogP contribution < -0.4 is 16.0 Å². The van der Waals surface area contributed by atoms with E-state index in [0.29, 0.717) is 19.8 Å². The van der Waals surface area contributed by atoms with Crippen LogP contribution in [0.1, 0.15) is 12.8 Å². The Bertz CT molecular complexity index is 442. The van der Waals surface area contributed by atoms with Crippen molar-refractivity contribution in [2.45, 2.75) is 18.9 Å². The number of carbonyl (C=O) groups is 1. The van der Waals surface area contributed by atoms with Gasteiger partial charge < -0.3 is 20.7 Å². The van der Waals surface area contributed by atoms with Crippen LogP contribution in [0.3, 0.4) is 0 Å². The van der Waals surface area contributed by atoms with Gasteiger partial charge in [0.2, 0.25) is 5.91 Å². The normalized spacial score (nSPS) is 15.7. The average Bonchev–Trinajstić information content (AvgIpc) is 2.55. The van der Waals surface area contributed by atoms with Crippen LogP contribution >= 0.6 is 24.8 Å². The molecule has 1 atom stereocenters. The van der Waals surface area contributed by atoms with Crippen LogP contribution in [0.25, 0.3) is 0 Å². The maximum Gasteiger partial charge on any atom is 0.237 e. The first-order valence-electron chi connectivity index (χ1n) is 7.55. The Labute approximate surface area is 150 Å². The predicted molar refractivity (Wildman–Crippen MR) is 98.7 cm³/mol. The molecule has 1 aromatic carbocycles. The second-order valence-electron chi connectivity index (χ2n) is 5.52. The third-order valence-corrected chi connectivity index (χ3v) is 4.02. The van der Waals surface area contributed by atoms with Crippen molar-refractivity contribution >= 4 is 36.4 Å². The van der Waals surface area contributed by atoms with Gasteiger partial charge in [0.05, 0.1) is 6.04 Å². The summed E-state index contributed by atoms with van der Waals surface area (Å²) in [4.78, 5) is 14.2. The topological polar surface area (TPSA) is 67.6 Å². The number of nitrogens with one attached hydrogen (secondary N) is 1. The molecule has 1 heterocycles. The van der Waals surface area contributed by atoms with Gasteiger partial charge >= 0.3 is 0 Å². The molecule has 1 amide bonds. The van der Waals surface area contributed by atoms with E-state index >= 15 is 0 Å².